The third-order valence-corrected chi connectivity index (χ3v) is 1.53. The average Bonchev–Trinajstić information content (AvgIpc) is 2.05. The van der Waals surface area contributed by atoms with E-state index < -0.39 is 0 Å². The van der Waals surface area contributed by atoms with Crippen LogP contribution in [0.4, 0.5) is 0 Å². The van der Waals surface area contributed by atoms with E-state index in [0.29, 0.717) is 0 Å². The van der Waals surface area contributed by atoms with E-state index in [1.54, 1.807) is 12.5 Å². The predicted octanol–water partition coefficient (Wildman–Crippen LogP) is 2.07. The highest BCUT2D eigenvalue weighted by Gasteiger charge is 2.12. The summed E-state index contributed by atoms with van der Waals surface area (Å²) in [5.41, 5.74) is 0. The SMILES string of the molecule is C1=COC2=C(C1)OC=CC2. The maximum Gasteiger partial charge on any atom is 0.145 e. The number of hydrogen-bond acceptors (Lipinski definition) is 2. The molecule has 0 fully saturated rings. The molecule has 0 bridgehead atoms. The second kappa shape index (κ2) is 2.21. The summed E-state index contributed by atoms with van der Waals surface area (Å²) in [6.45, 7) is 0. The van der Waals surface area contributed by atoms with Crippen molar-refractivity contribution in [2.45, 2.75) is 12.8 Å². The van der Waals surface area contributed by atoms with Crippen molar-refractivity contribution >= 4 is 0 Å². The molecule has 2 heteroatoms. The molecule has 2 rings (SSSR count). The van der Waals surface area contributed by atoms with Gasteiger partial charge in [-0.2, -0.15) is 0 Å². The minimum Gasteiger partial charge on any atom is -0.466 e. The zero-order valence-corrected chi connectivity index (χ0v) is 5.54. The summed E-state index contributed by atoms with van der Waals surface area (Å²) in [5.74, 6) is 1.90. The first-order valence-corrected chi connectivity index (χ1v) is 3.32. The van der Waals surface area contributed by atoms with Crippen LogP contribution in [0.1, 0.15) is 12.8 Å². The summed E-state index contributed by atoms with van der Waals surface area (Å²) in [6.07, 6.45) is 9.03. The Morgan fingerprint density at radius 1 is 0.900 bits per heavy atom. The first-order chi connectivity index (χ1) is 4.97. The van der Waals surface area contributed by atoms with E-state index in [9.17, 15) is 0 Å². The van der Waals surface area contributed by atoms with Crippen LogP contribution in [-0.2, 0) is 9.47 Å². The van der Waals surface area contributed by atoms with Crippen molar-refractivity contribution in [2.75, 3.05) is 0 Å². The van der Waals surface area contributed by atoms with Gasteiger partial charge in [0.1, 0.15) is 11.5 Å². The quantitative estimate of drug-likeness (QED) is 0.507. The molecule has 0 saturated heterocycles. The molecule has 0 radical (unpaired) electrons. The van der Waals surface area contributed by atoms with Crippen LogP contribution in [0.15, 0.2) is 36.2 Å². The Balaban J connectivity index is 2.19. The fraction of sp³-hybridized carbons (Fsp3) is 0.250. The van der Waals surface area contributed by atoms with Crippen LogP contribution < -0.4 is 0 Å². The second-order valence-electron chi connectivity index (χ2n) is 2.23. The fourth-order valence-electron chi connectivity index (χ4n) is 1.03. The van der Waals surface area contributed by atoms with Crippen LogP contribution in [0.25, 0.3) is 0 Å². The molecule has 52 valence electrons. The fourth-order valence-corrected chi connectivity index (χ4v) is 1.03. The average molecular weight is 136 g/mol. The molecule has 0 aliphatic carbocycles. The highest BCUT2D eigenvalue weighted by molar-refractivity contribution is 5.16. The summed E-state index contributed by atoms with van der Waals surface area (Å²) in [7, 11) is 0. The molecular weight excluding hydrogens is 128 g/mol. The molecule has 0 aromatic carbocycles. The van der Waals surface area contributed by atoms with Gasteiger partial charge >= 0.3 is 0 Å². The lowest BCUT2D eigenvalue weighted by atomic mass is 10.2. The molecule has 0 amide bonds. The van der Waals surface area contributed by atoms with Crippen molar-refractivity contribution in [1.82, 2.24) is 0 Å². The zero-order valence-electron chi connectivity index (χ0n) is 5.54. The molecule has 2 heterocycles. The van der Waals surface area contributed by atoms with Gasteiger partial charge in [0.2, 0.25) is 0 Å². The van der Waals surface area contributed by atoms with Crippen molar-refractivity contribution < 1.29 is 9.47 Å². The van der Waals surface area contributed by atoms with Gasteiger partial charge in [0.05, 0.1) is 12.5 Å². The smallest absolute Gasteiger partial charge is 0.145 e. The Hall–Kier alpha value is -1.18. The van der Waals surface area contributed by atoms with E-state index in [2.05, 4.69) is 0 Å². The first kappa shape index (κ1) is 5.59. The van der Waals surface area contributed by atoms with E-state index in [0.717, 1.165) is 24.4 Å². The standard InChI is InChI=1S/C8H8O2/c1-3-7-8(9-5-1)4-2-6-10-7/h1-2,5-6H,3-4H2. The van der Waals surface area contributed by atoms with Crippen molar-refractivity contribution in [3.8, 4) is 0 Å². The van der Waals surface area contributed by atoms with Gasteiger partial charge < -0.3 is 9.47 Å². The lowest BCUT2D eigenvalue weighted by Crippen LogP contribution is -2.02. The van der Waals surface area contributed by atoms with E-state index >= 15 is 0 Å². The van der Waals surface area contributed by atoms with Crippen molar-refractivity contribution in [3.05, 3.63) is 36.2 Å². The van der Waals surface area contributed by atoms with Gasteiger partial charge in [0.25, 0.3) is 0 Å². The maximum absolute atomic E-state index is 5.20. The normalized spacial score (nSPS) is 21.6. The molecular formula is C8H8O2. The molecule has 10 heavy (non-hydrogen) atoms. The summed E-state index contributed by atoms with van der Waals surface area (Å²) in [5, 5.41) is 0. The Bertz CT molecular complexity index is 179. The van der Waals surface area contributed by atoms with Crippen LogP contribution in [0.5, 0.6) is 0 Å². The molecule has 2 aliphatic rings. The number of rotatable bonds is 0. The lowest BCUT2D eigenvalue weighted by Gasteiger charge is -2.17. The Labute approximate surface area is 59.4 Å². The maximum atomic E-state index is 5.20. The molecule has 0 atom stereocenters. The molecule has 0 unspecified atom stereocenters. The van der Waals surface area contributed by atoms with Gasteiger partial charge in [-0.05, 0) is 12.2 Å². The minimum absolute atomic E-state index is 0.861. The summed E-state index contributed by atoms with van der Waals surface area (Å²) < 4.78 is 10.4. The summed E-state index contributed by atoms with van der Waals surface area (Å²) in [6, 6.07) is 0. The largest absolute Gasteiger partial charge is 0.466 e. The van der Waals surface area contributed by atoms with Gasteiger partial charge in [-0.15, -0.1) is 0 Å². The van der Waals surface area contributed by atoms with Crippen LogP contribution >= 0.6 is 0 Å². The Morgan fingerprint density at radius 3 is 1.90 bits per heavy atom. The Kier molecular flexibility index (Phi) is 1.24. The van der Waals surface area contributed by atoms with Gasteiger partial charge in [0, 0.05) is 12.8 Å². The topological polar surface area (TPSA) is 18.5 Å². The predicted molar refractivity (Wildman–Crippen MR) is 36.7 cm³/mol. The van der Waals surface area contributed by atoms with Crippen LogP contribution in [-0.4, -0.2) is 0 Å². The zero-order chi connectivity index (χ0) is 6.81. The van der Waals surface area contributed by atoms with E-state index in [4.69, 9.17) is 9.47 Å². The van der Waals surface area contributed by atoms with E-state index in [1.807, 2.05) is 12.2 Å². The molecule has 0 saturated carbocycles. The molecule has 0 N–H and O–H groups in total. The van der Waals surface area contributed by atoms with Crippen LogP contribution in [0, 0.1) is 0 Å². The van der Waals surface area contributed by atoms with E-state index in [-0.39, 0.29) is 0 Å². The Morgan fingerprint density at radius 2 is 1.40 bits per heavy atom. The number of ether oxygens (including phenoxy) is 2. The van der Waals surface area contributed by atoms with E-state index in [1.165, 1.54) is 0 Å². The minimum atomic E-state index is 0.861. The monoisotopic (exact) mass is 136 g/mol. The second-order valence-corrected chi connectivity index (χ2v) is 2.23. The molecule has 0 spiro atoms. The highest BCUT2D eigenvalue weighted by Crippen LogP contribution is 2.24. The van der Waals surface area contributed by atoms with Crippen molar-refractivity contribution in [3.63, 3.8) is 0 Å². The third kappa shape index (κ3) is 0.817. The third-order valence-electron chi connectivity index (χ3n) is 1.53. The van der Waals surface area contributed by atoms with Gasteiger partial charge in [-0.1, -0.05) is 0 Å². The number of hydrogen-bond donors (Lipinski definition) is 0. The van der Waals surface area contributed by atoms with Crippen molar-refractivity contribution in [2.24, 2.45) is 0 Å². The summed E-state index contributed by atoms with van der Waals surface area (Å²) in [4.78, 5) is 0. The highest BCUT2D eigenvalue weighted by atomic mass is 16.5. The van der Waals surface area contributed by atoms with Crippen molar-refractivity contribution in [1.29, 1.82) is 0 Å². The first-order valence-electron chi connectivity index (χ1n) is 3.32. The van der Waals surface area contributed by atoms with Gasteiger partial charge in [0.15, 0.2) is 0 Å². The van der Waals surface area contributed by atoms with Crippen LogP contribution in [0.3, 0.4) is 0 Å². The molecule has 0 aromatic heterocycles. The van der Waals surface area contributed by atoms with Gasteiger partial charge in [-0.25, -0.2) is 0 Å². The lowest BCUT2D eigenvalue weighted by molar-refractivity contribution is 0.240. The molecule has 2 nitrogen and oxygen atoms in total. The van der Waals surface area contributed by atoms with Crippen LogP contribution in [0.2, 0.25) is 0 Å². The number of allylic oxidation sites excluding steroid dienone is 2. The summed E-state index contributed by atoms with van der Waals surface area (Å²) >= 11 is 0. The molecule has 0 aromatic rings. The molecule has 2 aliphatic heterocycles. The van der Waals surface area contributed by atoms with Gasteiger partial charge in [-0.3, -0.25) is 0 Å².